The molecule has 1 amide bonds. The number of carbonyl (C=O) groups excluding carboxylic acids is 1. The Kier molecular flexibility index (Phi) is 5.29. The fourth-order valence-electron chi connectivity index (χ4n) is 1.85. The van der Waals surface area contributed by atoms with Gasteiger partial charge in [0, 0.05) is 12.3 Å². The fraction of sp³-hybridized carbons (Fsp3) is 0.188. The number of halogens is 1. The van der Waals surface area contributed by atoms with Crippen LogP contribution in [0.25, 0.3) is 0 Å². The number of hydrogen-bond acceptors (Lipinski definition) is 3. The molecule has 0 heterocycles. The summed E-state index contributed by atoms with van der Waals surface area (Å²) in [5, 5.41) is 11.6. The van der Waals surface area contributed by atoms with E-state index in [1.54, 1.807) is 12.1 Å². The van der Waals surface area contributed by atoms with Gasteiger partial charge in [-0.15, -0.1) is 0 Å². The molecule has 0 saturated heterocycles. The lowest BCUT2D eigenvalue weighted by Crippen LogP contribution is -2.20. The first kappa shape index (κ1) is 15.0. The Balaban J connectivity index is 1.90. The smallest absolute Gasteiger partial charge is 0.262 e. The average molecular weight is 289 g/mol. The summed E-state index contributed by atoms with van der Waals surface area (Å²) in [6, 6.07) is 12.7. The van der Waals surface area contributed by atoms with Crippen LogP contribution in [0.15, 0.2) is 48.5 Å². The van der Waals surface area contributed by atoms with E-state index in [0.29, 0.717) is 17.9 Å². The Labute approximate surface area is 122 Å². The van der Waals surface area contributed by atoms with Gasteiger partial charge in [0.1, 0.15) is 11.6 Å². The maximum absolute atomic E-state index is 12.8. The molecule has 2 N–H and O–H groups in total. The lowest BCUT2D eigenvalue weighted by Gasteiger charge is -2.11. The first-order chi connectivity index (χ1) is 10.2. The van der Waals surface area contributed by atoms with Crippen molar-refractivity contribution in [1.29, 1.82) is 0 Å². The molecular formula is C16H16FNO3. The molecule has 21 heavy (non-hydrogen) atoms. The minimum Gasteiger partial charge on any atom is -0.483 e. The first-order valence-corrected chi connectivity index (χ1v) is 6.56. The summed E-state index contributed by atoms with van der Waals surface area (Å²) < 4.78 is 18.2. The lowest BCUT2D eigenvalue weighted by atomic mass is 10.1. The molecular weight excluding hydrogens is 273 g/mol. The van der Waals surface area contributed by atoms with Gasteiger partial charge < -0.3 is 15.2 Å². The van der Waals surface area contributed by atoms with Crippen molar-refractivity contribution in [1.82, 2.24) is 0 Å². The molecule has 0 fully saturated rings. The van der Waals surface area contributed by atoms with Crippen LogP contribution >= 0.6 is 0 Å². The maximum atomic E-state index is 12.8. The van der Waals surface area contributed by atoms with Gasteiger partial charge in [-0.05, 0) is 42.3 Å². The summed E-state index contributed by atoms with van der Waals surface area (Å²) in [5.74, 6) is -0.122. The highest BCUT2D eigenvalue weighted by Gasteiger charge is 2.07. The maximum Gasteiger partial charge on any atom is 0.262 e. The van der Waals surface area contributed by atoms with Crippen molar-refractivity contribution in [3.63, 3.8) is 0 Å². The number of aliphatic hydroxyl groups is 1. The summed E-state index contributed by atoms with van der Waals surface area (Å²) in [6.07, 6.45) is 0.468. The molecule has 0 unspecified atom stereocenters. The van der Waals surface area contributed by atoms with E-state index in [2.05, 4.69) is 5.32 Å². The van der Waals surface area contributed by atoms with Gasteiger partial charge in [0.25, 0.3) is 5.91 Å². The number of ether oxygens (including phenoxy) is 1. The predicted octanol–water partition coefficient (Wildman–Crippen LogP) is 2.38. The van der Waals surface area contributed by atoms with Crippen molar-refractivity contribution < 1.29 is 19.0 Å². The van der Waals surface area contributed by atoms with E-state index in [-0.39, 0.29) is 24.9 Å². The number of aliphatic hydroxyl groups excluding tert-OH is 1. The normalized spacial score (nSPS) is 10.2. The summed E-state index contributed by atoms with van der Waals surface area (Å²) in [6.45, 7) is -0.137. The van der Waals surface area contributed by atoms with Crippen LogP contribution in [-0.2, 0) is 11.2 Å². The highest BCUT2D eigenvalue weighted by Crippen LogP contribution is 2.18. The van der Waals surface area contributed by atoms with Crippen LogP contribution in [0.3, 0.4) is 0 Å². The van der Waals surface area contributed by atoms with Crippen LogP contribution in [0, 0.1) is 5.82 Å². The first-order valence-electron chi connectivity index (χ1n) is 6.56. The standard InChI is InChI=1S/C16H16FNO3/c17-13-5-7-14(8-6-13)18-16(20)11-21-15-4-2-1-3-12(15)9-10-19/h1-8,19H,9-11H2,(H,18,20). The van der Waals surface area contributed by atoms with Crippen molar-refractivity contribution in [2.24, 2.45) is 0 Å². The van der Waals surface area contributed by atoms with Gasteiger partial charge in [-0.2, -0.15) is 0 Å². The Hall–Kier alpha value is -2.40. The van der Waals surface area contributed by atoms with Crippen LogP contribution in [0.5, 0.6) is 5.75 Å². The summed E-state index contributed by atoms with van der Waals surface area (Å²) >= 11 is 0. The summed E-state index contributed by atoms with van der Waals surface area (Å²) in [4.78, 5) is 11.8. The zero-order valence-corrected chi connectivity index (χ0v) is 11.4. The number of anilines is 1. The molecule has 2 rings (SSSR count). The van der Waals surface area contributed by atoms with Gasteiger partial charge in [-0.3, -0.25) is 4.79 Å². The van der Waals surface area contributed by atoms with Crippen LogP contribution < -0.4 is 10.1 Å². The number of carbonyl (C=O) groups is 1. The van der Waals surface area contributed by atoms with Crippen LogP contribution in [0.2, 0.25) is 0 Å². The van der Waals surface area contributed by atoms with E-state index < -0.39 is 0 Å². The largest absolute Gasteiger partial charge is 0.483 e. The lowest BCUT2D eigenvalue weighted by molar-refractivity contribution is -0.118. The molecule has 0 spiro atoms. The molecule has 0 saturated carbocycles. The number of rotatable bonds is 6. The monoisotopic (exact) mass is 289 g/mol. The molecule has 2 aromatic carbocycles. The molecule has 110 valence electrons. The number of hydrogen-bond donors (Lipinski definition) is 2. The van der Waals surface area contributed by atoms with Crippen molar-refractivity contribution in [3.05, 3.63) is 59.9 Å². The predicted molar refractivity (Wildman–Crippen MR) is 77.8 cm³/mol. The van der Waals surface area contributed by atoms with Crippen molar-refractivity contribution in [2.75, 3.05) is 18.5 Å². The SMILES string of the molecule is O=C(COc1ccccc1CCO)Nc1ccc(F)cc1. The van der Waals surface area contributed by atoms with Crippen molar-refractivity contribution >= 4 is 11.6 Å². The van der Waals surface area contributed by atoms with Crippen LogP contribution in [0.1, 0.15) is 5.56 Å². The third-order valence-corrected chi connectivity index (χ3v) is 2.84. The Morgan fingerprint density at radius 3 is 2.57 bits per heavy atom. The molecule has 0 aliphatic rings. The number of benzene rings is 2. The van der Waals surface area contributed by atoms with Gasteiger partial charge >= 0.3 is 0 Å². The topological polar surface area (TPSA) is 58.6 Å². The van der Waals surface area contributed by atoms with E-state index in [0.717, 1.165) is 5.56 Å². The Morgan fingerprint density at radius 2 is 1.86 bits per heavy atom. The minimum absolute atomic E-state index is 0.0160. The molecule has 0 aromatic heterocycles. The molecule has 0 atom stereocenters. The highest BCUT2D eigenvalue weighted by atomic mass is 19.1. The minimum atomic E-state index is -0.359. The van der Waals surface area contributed by atoms with Crippen LogP contribution in [-0.4, -0.2) is 24.2 Å². The second kappa shape index (κ2) is 7.40. The molecule has 0 radical (unpaired) electrons. The Bertz CT molecular complexity index is 599. The van der Waals surface area contributed by atoms with E-state index in [1.165, 1.54) is 24.3 Å². The number of amides is 1. The van der Waals surface area contributed by atoms with Gasteiger partial charge in [0.15, 0.2) is 6.61 Å². The van der Waals surface area contributed by atoms with E-state index in [9.17, 15) is 9.18 Å². The molecule has 0 aliphatic carbocycles. The quantitative estimate of drug-likeness (QED) is 0.858. The van der Waals surface area contributed by atoms with E-state index in [4.69, 9.17) is 9.84 Å². The molecule has 0 bridgehead atoms. The van der Waals surface area contributed by atoms with Crippen molar-refractivity contribution in [3.8, 4) is 5.75 Å². The Morgan fingerprint density at radius 1 is 1.14 bits per heavy atom. The fourth-order valence-corrected chi connectivity index (χ4v) is 1.85. The average Bonchev–Trinajstić information content (AvgIpc) is 2.49. The highest BCUT2D eigenvalue weighted by molar-refractivity contribution is 5.91. The summed E-state index contributed by atoms with van der Waals surface area (Å²) in [7, 11) is 0. The number of nitrogens with one attached hydrogen (secondary N) is 1. The van der Waals surface area contributed by atoms with E-state index in [1.807, 2.05) is 12.1 Å². The molecule has 5 heteroatoms. The molecule has 4 nitrogen and oxygen atoms in total. The third-order valence-electron chi connectivity index (χ3n) is 2.84. The van der Waals surface area contributed by atoms with Gasteiger partial charge in [0.2, 0.25) is 0 Å². The van der Waals surface area contributed by atoms with E-state index >= 15 is 0 Å². The summed E-state index contributed by atoms with van der Waals surface area (Å²) in [5.41, 5.74) is 1.35. The number of para-hydroxylation sites is 1. The molecule has 0 aliphatic heterocycles. The van der Waals surface area contributed by atoms with Crippen molar-refractivity contribution in [2.45, 2.75) is 6.42 Å². The second-order valence-electron chi connectivity index (χ2n) is 4.43. The van der Waals surface area contributed by atoms with Gasteiger partial charge in [-0.25, -0.2) is 4.39 Å². The van der Waals surface area contributed by atoms with Gasteiger partial charge in [-0.1, -0.05) is 18.2 Å². The van der Waals surface area contributed by atoms with Gasteiger partial charge in [0.05, 0.1) is 0 Å². The van der Waals surface area contributed by atoms with Crippen LogP contribution in [0.4, 0.5) is 10.1 Å². The zero-order valence-electron chi connectivity index (χ0n) is 11.4. The zero-order chi connectivity index (χ0) is 15.1. The second-order valence-corrected chi connectivity index (χ2v) is 4.43. The molecule has 2 aromatic rings. The third kappa shape index (κ3) is 4.57.